The Balaban J connectivity index is -0.000000139. The molecule has 2 aromatic carbocycles. The molecule has 4 radical (unpaired) electrons. The summed E-state index contributed by atoms with van der Waals surface area (Å²) in [4.78, 5) is 0. The van der Waals surface area contributed by atoms with Gasteiger partial charge in [-0.3, -0.25) is 0 Å². The Kier molecular flexibility index (Phi) is 18.8. The van der Waals surface area contributed by atoms with E-state index in [1.54, 1.807) is 0 Å². The van der Waals surface area contributed by atoms with Crippen molar-refractivity contribution in [3.05, 3.63) is 83.8 Å². The molecule has 0 N–H and O–H groups in total. The molecule has 0 heterocycles. The van der Waals surface area contributed by atoms with Crippen LogP contribution < -0.4 is 24.8 Å². The summed E-state index contributed by atoms with van der Waals surface area (Å²) in [5, 5.41) is 1.28. The summed E-state index contributed by atoms with van der Waals surface area (Å²) >= 11 is 0. The van der Waals surface area contributed by atoms with Crippen LogP contribution in [0.5, 0.6) is 0 Å². The van der Waals surface area contributed by atoms with Crippen LogP contribution in [0.25, 0.3) is 6.08 Å². The Hall–Kier alpha value is -0.0100. The van der Waals surface area contributed by atoms with Gasteiger partial charge in [-0.15, -0.1) is 0 Å². The zero-order valence-corrected chi connectivity index (χ0v) is 20.4. The number of rotatable bonds is 0. The monoisotopic (exact) mass is 454 g/mol. The SMILES string of the molecule is Cc1[cH-]c(C)c(C)c1C.[CH3-].[CH3-].[Cl-].[Cl-].[Si]C1=Cc2ccccc2C1.[Zr+3]. The van der Waals surface area contributed by atoms with Crippen LogP contribution in [0.3, 0.4) is 0 Å². The largest absolute Gasteiger partial charge is 3.00 e. The average Bonchev–Trinajstić information content (AvgIpc) is 2.86. The van der Waals surface area contributed by atoms with Gasteiger partial charge in [0.1, 0.15) is 0 Å². The molecular formula is C20H26Cl2SiZr-2. The molecular weight excluding hydrogens is 430 g/mol. The summed E-state index contributed by atoms with van der Waals surface area (Å²) in [5.41, 5.74) is 8.52. The van der Waals surface area contributed by atoms with E-state index < -0.39 is 0 Å². The first-order chi connectivity index (χ1) is 8.99. The van der Waals surface area contributed by atoms with Crippen LogP contribution in [-0.4, -0.2) is 10.2 Å². The fourth-order valence-corrected chi connectivity index (χ4v) is 2.76. The van der Waals surface area contributed by atoms with Gasteiger partial charge in [0.2, 0.25) is 0 Å². The van der Waals surface area contributed by atoms with Crippen molar-refractivity contribution in [3.63, 3.8) is 0 Å². The van der Waals surface area contributed by atoms with Gasteiger partial charge in [0.05, 0.1) is 10.2 Å². The molecule has 0 spiro atoms. The summed E-state index contributed by atoms with van der Waals surface area (Å²) in [5.74, 6) is 0. The normalized spacial score (nSPS) is 9.96. The fraction of sp³-hybridized carbons (Fsp3) is 0.250. The molecule has 0 aliphatic heterocycles. The summed E-state index contributed by atoms with van der Waals surface area (Å²) in [6.07, 6.45) is 3.24. The average molecular weight is 457 g/mol. The maximum atomic E-state index is 3.53. The number of aryl methyl sites for hydroxylation is 2. The van der Waals surface area contributed by atoms with Crippen molar-refractivity contribution < 1.29 is 51.0 Å². The Morgan fingerprint density at radius 3 is 1.71 bits per heavy atom. The predicted molar refractivity (Wildman–Crippen MR) is 97.7 cm³/mol. The molecule has 2 aromatic rings. The minimum Gasteiger partial charge on any atom is -1.00 e. The number of halogens is 2. The zero-order chi connectivity index (χ0) is 14.0. The minimum atomic E-state index is 0. The standard InChI is InChI=1S/C9H7Si.C9H13.2CH3.2ClH.Zr/c10-9-5-7-3-1-2-4-8(7)6-9;1-6-5-7(2)9(4)8(6)3;;;;;/h1-5H,6H2;5H,1-4H3;2*1H3;2*1H;/q;3*-1;;;+3/p-2. The molecule has 0 amide bonds. The summed E-state index contributed by atoms with van der Waals surface area (Å²) < 4.78 is 0. The maximum absolute atomic E-state index is 3.53. The number of hydrogen-bond donors (Lipinski definition) is 0. The summed E-state index contributed by atoms with van der Waals surface area (Å²) in [6, 6.07) is 10.7. The smallest absolute Gasteiger partial charge is 1.00 e. The molecule has 1 aliphatic carbocycles. The third-order valence-electron chi connectivity index (χ3n) is 3.94. The molecule has 0 unspecified atom stereocenters. The number of fused-ring (bicyclic) bond motifs is 1. The molecule has 0 saturated heterocycles. The van der Waals surface area contributed by atoms with Crippen LogP contribution in [-0.2, 0) is 32.6 Å². The fourth-order valence-electron chi connectivity index (χ4n) is 2.41. The molecule has 4 heteroatoms. The van der Waals surface area contributed by atoms with Crippen molar-refractivity contribution >= 4 is 16.3 Å². The van der Waals surface area contributed by atoms with E-state index in [9.17, 15) is 0 Å². The van der Waals surface area contributed by atoms with E-state index >= 15 is 0 Å². The van der Waals surface area contributed by atoms with E-state index in [0.29, 0.717) is 0 Å². The summed E-state index contributed by atoms with van der Waals surface area (Å²) in [6.45, 7) is 8.68. The van der Waals surface area contributed by atoms with Crippen molar-refractivity contribution in [2.45, 2.75) is 34.1 Å². The van der Waals surface area contributed by atoms with Gasteiger partial charge in [-0.05, 0) is 17.5 Å². The summed E-state index contributed by atoms with van der Waals surface area (Å²) in [7, 11) is 3.53. The Morgan fingerprint density at radius 1 is 0.875 bits per heavy atom. The zero-order valence-electron chi connectivity index (χ0n) is 15.4. The molecule has 0 atom stereocenters. The van der Waals surface area contributed by atoms with Gasteiger partial charge in [-0.25, -0.2) is 0 Å². The Labute approximate surface area is 184 Å². The van der Waals surface area contributed by atoms with E-state index in [2.05, 4.69) is 74.3 Å². The number of benzene rings is 1. The van der Waals surface area contributed by atoms with Gasteiger partial charge in [0.25, 0.3) is 0 Å². The molecule has 24 heavy (non-hydrogen) atoms. The van der Waals surface area contributed by atoms with E-state index in [1.165, 1.54) is 38.6 Å². The third-order valence-corrected chi connectivity index (χ3v) is 4.27. The van der Waals surface area contributed by atoms with Crippen LogP contribution in [0.15, 0.2) is 35.5 Å². The molecule has 0 nitrogen and oxygen atoms in total. The van der Waals surface area contributed by atoms with Crippen molar-refractivity contribution in [1.82, 2.24) is 0 Å². The van der Waals surface area contributed by atoms with Gasteiger partial charge in [0.15, 0.2) is 0 Å². The second-order valence-electron chi connectivity index (χ2n) is 5.31. The molecule has 130 valence electrons. The maximum Gasteiger partial charge on any atom is 3.00 e. The number of hydrogen-bond acceptors (Lipinski definition) is 0. The van der Waals surface area contributed by atoms with Crippen molar-refractivity contribution in [2.75, 3.05) is 0 Å². The first-order valence-electron chi connectivity index (χ1n) is 6.69. The van der Waals surface area contributed by atoms with Gasteiger partial charge in [0, 0.05) is 0 Å². The topological polar surface area (TPSA) is 0 Å². The molecule has 1 aliphatic rings. The molecule has 0 saturated carbocycles. The van der Waals surface area contributed by atoms with Crippen LogP contribution in [0.1, 0.15) is 33.4 Å². The number of allylic oxidation sites excluding steroid dienone is 1. The van der Waals surface area contributed by atoms with Crippen molar-refractivity contribution in [2.24, 2.45) is 0 Å². The first kappa shape index (κ1) is 31.7. The Bertz CT molecular complexity index is 608. The van der Waals surface area contributed by atoms with Gasteiger partial charge in [-0.2, -0.15) is 28.3 Å². The second-order valence-corrected chi connectivity index (χ2v) is 5.95. The van der Waals surface area contributed by atoms with Crippen molar-refractivity contribution in [1.29, 1.82) is 0 Å². The Morgan fingerprint density at radius 2 is 1.33 bits per heavy atom. The van der Waals surface area contributed by atoms with E-state index in [4.69, 9.17) is 0 Å². The van der Waals surface area contributed by atoms with Crippen molar-refractivity contribution in [3.8, 4) is 0 Å². The van der Waals surface area contributed by atoms with E-state index in [0.717, 1.165) is 6.42 Å². The molecule has 0 aromatic heterocycles. The van der Waals surface area contributed by atoms with Crippen LogP contribution in [0, 0.1) is 42.5 Å². The van der Waals surface area contributed by atoms with Gasteiger partial charge in [-0.1, -0.05) is 63.2 Å². The van der Waals surface area contributed by atoms with Crippen LogP contribution in [0.2, 0.25) is 0 Å². The molecule has 0 fully saturated rings. The molecule has 3 rings (SSSR count). The third kappa shape index (κ3) is 7.91. The molecule has 0 bridgehead atoms. The second kappa shape index (κ2) is 14.2. The van der Waals surface area contributed by atoms with E-state index in [1.807, 2.05) is 0 Å². The van der Waals surface area contributed by atoms with Gasteiger partial charge >= 0.3 is 26.2 Å². The van der Waals surface area contributed by atoms with Crippen LogP contribution >= 0.6 is 0 Å². The minimum absolute atomic E-state index is 0. The van der Waals surface area contributed by atoms with E-state index in [-0.39, 0.29) is 65.9 Å². The first-order valence-corrected chi connectivity index (χ1v) is 7.19. The predicted octanol–water partition coefficient (Wildman–Crippen LogP) is -0.703. The van der Waals surface area contributed by atoms with Gasteiger partial charge < -0.3 is 39.7 Å². The quantitative estimate of drug-likeness (QED) is 0.363. The van der Waals surface area contributed by atoms with Crippen LogP contribution in [0.4, 0.5) is 0 Å².